The number of carbonyl (C=O) groups excluding carboxylic acids is 3. The molecule has 3 atom stereocenters. The predicted octanol–water partition coefficient (Wildman–Crippen LogP) is -0.362. The molecule has 1 aliphatic heterocycles. The third kappa shape index (κ3) is 5.09. The lowest BCUT2D eigenvalue weighted by atomic mass is 9.99. The zero-order valence-electron chi connectivity index (χ0n) is 13.0. The Morgan fingerprint density at radius 2 is 2.00 bits per heavy atom. The Hall–Kier alpha value is -1.47. The highest BCUT2D eigenvalue weighted by Crippen LogP contribution is 2.28. The minimum Gasteiger partial charge on any atom is -0.384 e. The van der Waals surface area contributed by atoms with E-state index in [0.29, 0.717) is 19.6 Å². The zero-order chi connectivity index (χ0) is 16.0. The number of carbonyl (C=O) groups is 3. The smallest absolute Gasteiger partial charge is 0.239 e. The highest BCUT2D eigenvalue weighted by atomic mass is 16.6. The lowest BCUT2D eigenvalue weighted by Gasteiger charge is -2.18. The minimum atomic E-state index is -0.760. The third-order valence-corrected chi connectivity index (χ3v) is 3.45. The van der Waals surface area contributed by atoms with Crippen LogP contribution < -0.4 is 10.6 Å². The highest BCUT2D eigenvalue weighted by Gasteiger charge is 2.49. The van der Waals surface area contributed by atoms with Crippen molar-refractivity contribution in [2.45, 2.75) is 38.8 Å². The number of methoxy groups -OCH3 is 1. The molecule has 0 saturated carbocycles. The van der Waals surface area contributed by atoms with Crippen molar-refractivity contribution in [3.63, 3.8) is 0 Å². The summed E-state index contributed by atoms with van der Waals surface area (Å²) in [6.07, 6.45) is 0.484. The Morgan fingerprint density at radius 1 is 1.38 bits per heavy atom. The van der Waals surface area contributed by atoms with Crippen LogP contribution in [0.25, 0.3) is 0 Å². The molecule has 1 fully saturated rings. The first-order valence-corrected chi connectivity index (χ1v) is 7.08. The number of ether oxygens (including phenoxy) is 2. The van der Waals surface area contributed by atoms with Crippen LogP contribution in [0, 0.1) is 5.92 Å². The molecule has 2 N–H and O–H groups in total. The molecule has 0 aliphatic carbocycles. The summed E-state index contributed by atoms with van der Waals surface area (Å²) < 4.78 is 9.96. The van der Waals surface area contributed by atoms with E-state index in [1.54, 1.807) is 13.8 Å². The van der Waals surface area contributed by atoms with Gasteiger partial charge in [-0.15, -0.1) is 0 Å². The largest absolute Gasteiger partial charge is 0.384 e. The molecule has 1 aliphatic rings. The van der Waals surface area contributed by atoms with Crippen molar-refractivity contribution in [2.24, 2.45) is 5.92 Å². The fourth-order valence-corrected chi connectivity index (χ4v) is 1.88. The summed E-state index contributed by atoms with van der Waals surface area (Å²) in [5.41, 5.74) is -0.760. The van der Waals surface area contributed by atoms with E-state index < -0.39 is 17.6 Å². The van der Waals surface area contributed by atoms with Crippen LogP contribution in [-0.2, 0) is 23.9 Å². The Morgan fingerprint density at radius 3 is 2.48 bits per heavy atom. The fraction of sp³-hybridized carbons (Fsp3) is 0.786. The first kappa shape index (κ1) is 17.6. The van der Waals surface area contributed by atoms with E-state index in [4.69, 9.17) is 9.47 Å². The standard InChI is InChI=1S/C14H24N2O5/c1-5-10(12(18)14(3)8-21-14)16-11(17)6-15-13(19)9(2)7-20-4/h9-10H,5-8H2,1-4H3,(H,15,19)(H,16,17). The maximum Gasteiger partial charge on any atom is 0.239 e. The Bertz CT molecular complexity index is 406. The van der Waals surface area contributed by atoms with E-state index in [-0.39, 0.29) is 24.2 Å². The maximum absolute atomic E-state index is 12.1. The first-order valence-electron chi connectivity index (χ1n) is 7.08. The van der Waals surface area contributed by atoms with Gasteiger partial charge < -0.3 is 20.1 Å². The normalized spacial score (nSPS) is 23.0. The van der Waals surface area contributed by atoms with Crippen molar-refractivity contribution in [1.29, 1.82) is 0 Å². The van der Waals surface area contributed by atoms with Gasteiger partial charge in [-0.05, 0) is 13.3 Å². The number of ketones is 1. The summed E-state index contributed by atoms with van der Waals surface area (Å²) in [6.45, 7) is 5.75. The molecular weight excluding hydrogens is 276 g/mol. The number of rotatable bonds is 9. The summed E-state index contributed by atoms with van der Waals surface area (Å²) >= 11 is 0. The number of amides is 2. The monoisotopic (exact) mass is 300 g/mol. The van der Waals surface area contributed by atoms with Crippen LogP contribution in [-0.4, -0.2) is 56.1 Å². The van der Waals surface area contributed by atoms with Gasteiger partial charge in [0, 0.05) is 7.11 Å². The van der Waals surface area contributed by atoms with Crippen LogP contribution >= 0.6 is 0 Å². The minimum absolute atomic E-state index is 0.127. The van der Waals surface area contributed by atoms with Gasteiger partial charge in [0.2, 0.25) is 11.8 Å². The highest BCUT2D eigenvalue weighted by molar-refractivity contribution is 5.97. The number of Topliss-reactive ketones (excluding diaryl/α,β-unsaturated/α-hetero) is 1. The Labute approximate surface area is 124 Å². The van der Waals surface area contributed by atoms with E-state index in [1.807, 2.05) is 6.92 Å². The van der Waals surface area contributed by atoms with E-state index in [2.05, 4.69) is 10.6 Å². The Balaban J connectivity index is 2.38. The molecule has 0 radical (unpaired) electrons. The van der Waals surface area contributed by atoms with Crippen LogP contribution in [0.5, 0.6) is 0 Å². The number of epoxide rings is 1. The molecule has 1 saturated heterocycles. The molecule has 1 rings (SSSR count). The van der Waals surface area contributed by atoms with Crippen LogP contribution in [0.2, 0.25) is 0 Å². The maximum atomic E-state index is 12.1. The molecule has 21 heavy (non-hydrogen) atoms. The summed E-state index contributed by atoms with van der Waals surface area (Å²) in [7, 11) is 1.51. The molecule has 0 aromatic heterocycles. The number of hydrogen-bond acceptors (Lipinski definition) is 5. The quantitative estimate of drug-likeness (QED) is 0.567. The fourth-order valence-electron chi connectivity index (χ4n) is 1.88. The Kier molecular flexibility index (Phi) is 6.29. The van der Waals surface area contributed by atoms with Gasteiger partial charge in [0.1, 0.15) is 5.60 Å². The molecule has 1 heterocycles. The van der Waals surface area contributed by atoms with E-state index in [1.165, 1.54) is 7.11 Å². The first-order chi connectivity index (χ1) is 9.84. The SMILES string of the molecule is CCC(NC(=O)CNC(=O)C(C)COC)C(=O)C1(C)CO1. The molecule has 7 nitrogen and oxygen atoms in total. The van der Waals surface area contributed by atoms with Gasteiger partial charge in [0.05, 0.1) is 31.7 Å². The van der Waals surface area contributed by atoms with Gasteiger partial charge >= 0.3 is 0 Å². The van der Waals surface area contributed by atoms with Crippen LogP contribution in [0.1, 0.15) is 27.2 Å². The second-order valence-electron chi connectivity index (χ2n) is 5.49. The average molecular weight is 300 g/mol. The summed E-state index contributed by atoms with van der Waals surface area (Å²) in [5, 5.41) is 5.14. The molecule has 0 spiro atoms. The van der Waals surface area contributed by atoms with Crippen LogP contribution in [0.3, 0.4) is 0 Å². The lowest BCUT2D eigenvalue weighted by Crippen LogP contribution is -2.49. The molecule has 7 heteroatoms. The van der Waals surface area contributed by atoms with Crippen molar-refractivity contribution in [3.05, 3.63) is 0 Å². The second kappa shape index (κ2) is 7.51. The topological polar surface area (TPSA) is 97.0 Å². The van der Waals surface area contributed by atoms with E-state index >= 15 is 0 Å². The van der Waals surface area contributed by atoms with Gasteiger partial charge in [-0.3, -0.25) is 14.4 Å². The number of hydrogen-bond donors (Lipinski definition) is 2. The molecule has 3 unspecified atom stereocenters. The molecule has 2 amide bonds. The van der Waals surface area contributed by atoms with Gasteiger partial charge in [0.25, 0.3) is 0 Å². The molecular formula is C14H24N2O5. The van der Waals surface area contributed by atoms with Crippen molar-refractivity contribution < 1.29 is 23.9 Å². The van der Waals surface area contributed by atoms with Gasteiger partial charge in [-0.2, -0.15) is 0 Å². The summed E-state index contributed by atoms with van der Waals surface area (Å²) in [5.74, 6) is -1.11. The van der Waals surface area contributed by atoms with E-state index in [0.717, 1.165) is 0 Å². The predicted molar refractivity (Wildman–Crippen MR) is 75.6 cm³/mol. The van der Waals surface area contributed by atoms with Crippen LogP contribution in [0.15, 0.2) is 0 Å². The van der Waals surface area contributed by atoms with Gasteiger partial charge in [-0.1, -0.05) is 13.8 Å². The zero-order valence-corrected chi connectivity index (χ0v) is 13.0. The van der Waals surface area contributed by atoms with Crippen molar-refractivity contribution in [2.75, 3.05) is 26.9 Å². The third-order valence-electron chi connectivity index (χ3n) is 3.45. The molecule has 120 valence electrons. The molecule has 0 bridgehead atoms. The summed E-state index contributed by atoms with van der Waals surface area (Å²) in [4.78, 5) is 35.5. The van der Waals surface area contributed by atoms with Crippen molar-refractivity contribution >= 4 is 17.6 Å². The average Bonchev–Trinajstić information content (AvgIpc) is 3.20. The molecule has 0 aromatic carbocycles. The summed E-state index contributed by atoms with van der Waals surface area (Å²) in [6, 6.07) is -0.585. The molecule has 0 aromatic rings. The van der Waals surface area contributed by atoms with Gasteiger partial charge in [0.15, 0.2) is 5.78 Å². The van der Waals surface area contributed by atoms with Crippen LogP contribution in [0.4, 0.5) is 0 Å². The second-order valence-corrected chi connectivity index (χ2v) is 5.49. The van der Waals surface area contributed by atoms with E-state index in [9.17, 15) is 14.4 Å². The van der Waals surface area contributed by atoms with Gasteiger partial charge in [-0.25, -0.2) is 0 Å². The van der Waals surface area contributed by atoms with Crippen molar-refractivity contribution in [3.8, 4) is 0 Å². The lowest BCUT2D eigenvalue weighted by molar-refractivity contribution is -0.131. The number of nitrogens with one attached hydrogen (secondary N) is 2. The van der Waals surface area contributed by atoms with Crippen molar-refractivity contribution in [1.82, 2.24) is 10.6 Å².